The highest BCUT2D eigenvalue weighted by atomic mass is 16.5. The van der Waals surface area contributed by atoms with Gasteiger partial charge in [-0.1, -0.05) is 49.7 Å². The van der Waals surface area contributed by atoms with Gasteiger partial charge < -0.3 is 19.7 Å². The lowest BCUT2D eigenvalue weighted by Gasteiger charge is -2.15. The SMILES string of the molecule is CCCc1c(OCc2ccc(COc3cccc(C=CC(=O)O)c3)cc2)ccc(C(C)=O)c1O. The van der Waals surface area contributed by atoms with Crippen LogP contribution in [0.5, 0.6) is 17.2 Å². The van der Waals surface area contributed by atoms with Crippen molar-refractivity contribution in [3.63, 3.8) is 0 Å². The number of benzene rings is 3. The highest BCUT2D eigenvalue weighted by Gasteiger charge is 2.16. The van der Waals surface area contributed by atoms with E-state index in [4.69, 9.17) is 14.6 Å². The lowest BCUT2D eigenvalue weighted by molar-refractivity contribution is -0.131. The van der Waals surface area contributed by atoms with Crippen LogP contribution in [0, 0.1) is 0 Å². The molecule has 3 aromatic rings. The summed E-state index contributed by atoms with van der Waals surface area (Å²) in [6, 6.07) is 18.4. The van der Waals surface area contributed by atoms with Crippen molar-refractivity contribution < 1.29 is 29.3 Å². The molecule has 0 aliphatic heterocycles. The minimum atomic E-state index is -0.998. The highest BCUT2D eigenvalue weighted by Crippen LogP contribution is 2.33. The fraction of sp³-hybridized carbons (Fsp3) is 0.214. The van der Waals surface area contributed by atoms with Gasteiger partial charge in [-0.3, -0.25) is 4.79 Å². The number of rotatable bonds is 11. The maximum Gasteiger partial charge on any atom is 0.328 e. The molecule has 0 aliphatic rings. The Morgan fingerprint density at radius 3 is 2.24 bits per heavy atom. The zero-order valence-corrected chi connectivity index (χ0v) is 19.3. The Morgan fingerprint density at radius 2 is 1.62 bits per heavy atom. The van der Waals surface area contributed by atoms with E-state index in [2.05, 4.69) is 0 Å². The molecule has 0 aliphatic carbocycles. The van der Waals surface area contributed by atoms with Crippen molar-refractivity contribution in [2.24, 2.45) is 0 Å². The molecule has 0 saturated carbocycles. The van der Waals surface area contributed by atoms with Gasteiger partial charge in [-0.2, -0.15) is 0 Å². The normalized spacial score (nSPS) is 10.9. The summed E-state index contributed by atoms with van der Waals surface area (Å²) >= 11 is 0. The van der Waals surface area contributed by atoms with E-state index in [0.29, 0.717) is 42.3 Å². The number of phenols is 1. The quantitative estimate of drug-likeness (QED) is 0.277. The first-order valence-electron chi connectivity index (χ1n) is 11.1. The van der Waals surface area contributed by atoms with Crippen LogP contribution in [-0.4, -0.2) is 22.0 Å². The number of hydrogen-bond donors (Lipinski definition) is 2. The van der Waals surface area contributed by atoms with Crippen LogP contribution in [-0.2, 0) is 24.4 Å². The summed E-state index contributed by atoms with van der Waals surface area (Å²) in [5.41, 5.74) is 3.65. The Labute approximate surface area is 199 Å². The fourth-order valence-corrected chi connectivity index (χ4v) is 3.46. The second-order valence-corrected chi connectivity index (χ2v) is 7.88. The van der Waals surface area contributed by atoms with Gasteiger partial charge in [0.1, 0.15) is 30.5 Å². The van der Waals surface area contributed by atoms with Gasteiger partial charge in [0.05, 0.1) is 5.56 Å². The van der Waals surface area contributed by atoms with E-state index in [-0.39, 0.29) is 11.5 Å². The first-order chi connectivity index (χ1) is 16.4. The number of carbonyl (C=O) groups is 2. The number of carbonyl (C=O) groups excluding carboxylic acids is 1. The molecule has 6 nitrogen and oxygen atoms in total. The monoisotopic (exact) mass is 460 g/mol. The predicted molar refractivity (Wildman–Crippen MR) is 130 cm³/mol. The third-order valence-electron chi connectivity index (χ3n) is 5.22. The van der Waals surface area contributed by atoms with E-state index in [1.807, 2.05) is 43.3 Å². The third kappa shape index (κ3) is 6.72. The van der Waals surface area contributed by atoms with E-state index in [1.54, 1.807) is 24.3 Å². The zero-order valence-electron chi connectivity index (χ0n) is 19.3. The predicted octanol–water partition coefficient (Wildman–Crippen LogP) is 5.80. The molecule has 3 aromatic carbocycles. The van der Waals surface area contributed by atoms with Crippen molar-refractivity contribution >= 4 is 17.8 Å². The molecule has 0 fully saturated rings. The number of carboxylic acids is 1. The zero-order chi connectivity index (χ0) is 24.5. The van der Waals surface area contributed by atoms with Gasteiger partial charge >= 0.3 is 5.97 Å². The Hall–Kier alpha value is -4.06. The van der Waals surface area contributed by atoms with Crippen molar-refractivity contribution in [2.45, 2.75) is 39.9 Å². The number of Topliss-reactive ketones (excluding diaryl/α,β-unsaturated/α-hetero) is 1. The first-order valence-corrected chi connectivity index (χ1v) is 11.1. The summed E-state index contributed by atoms with van der Waals surface area (Å²) in [5, 5.41) is 19.2. The minimum absolute atomic E-state index is 0.00173. The molecule has 2 N–H and O–H groups in total. The van der Waals surface area contributed by atoms with Gasteiger partial charge in [0.2, 0.25) is 0 Å². The van der Waals surface area contributed by atoms with Crippen LogP contribution in [0.3, 0.4) is 0 Å². The molecule has 0 heterocycles. The lowest BCUT2D eigenvalue weighted by atomic mass is 10.0. The Balaban J connectivity index is 1.61. The van der Waals surface area contributed by atoms with Gasteiger partial charge in [0.25, 0.3) is 0 Å². The molecule has 3 rings (SSSR count). The van der Waals surface area contributed by atoms with Crippen molar-refractivity contribution in [3.8, 4) is 17.2 Å². The Kier molecular flexibility index (Phi) is 8.46. The van der Waals surface area contributed by atoms with Crippen molar-refractivity contribution in [3.05, 3.63) is 94.6 Å². The molecule has 0 saturated heterocycles. The van der Waals surface area contributed by atoms with E-state index < -0.39 is 5.97 Å². The number of ketones is 1. The number of phenolic OH excluding ortho intramolecular Hbond substituents is 1. The summed E-state index contributed by atoms with van der Waals surface area (Å²) < 4.78 is 11.8. The summed E-state index contributed by atoms with van der Waals surface area (Å²) in [6.45, 7) is 4.14. The van der Waals surface area contributed by atoms with Crippen LogP contribution < -0.4 is 9.47 Å². The molecule has 34 heavy (non-hydrogen) atoms. The van der Waals surface area contributed by atoms with E-state index in [0.717, 1.165) is 29.2 Å². The number of aromatic hydroxyl groups is 1. The molecule has 0 bridgehead atoms. The molecular weight excluding hydrogens is 432 g/mol. The number of carboxylic acid groups (broad SMARTS) is 1. The first kappa shape index (κ1) is 24.6. The molecule has 0 amide bonds. The molecule has 0 atom stereocenters. The van der Waals surface area contributed by atoms with Crippen LogP contribution in [0.2, 0.25) is 0 Å². The maximum atomic E-state index is 11.7. The number of aliphatic carboxylic acids is 1. The topological polar surface area (TPSA) is 93.1 Å². The van der Waals surface area contributed by atoms with Gasteiger partial charge in [0.15, 0.2) is 5.78 Å². The van der Waals surface area contributed by atoms with Gasteiger partial charge in [-0.25, -0.2) is 4.79 Å². The van der Waals surface area contributed by atoms with E-state index in [1.165, 1.54) is 13.0 Å². The second-order valence-electron chi connectivity index (χ2n) is 7.88. The molecule has 0 aromatic heterocycles. The maximum absolute atomic E-state index is 11.7. The lowest BCUT2D eigenvalue weighted by Crippen LogP contribution is -2.03. The van der Waals surface area contributed by atoms with Crippen LogP contribution in [0.4, 0.5) is 0 Å². The third-order valence-corrected chi connectivity index (χ3v) is 5.22. The standard InChI is InChI=1S/C28H28O6/c1-3-5-25-26(14-13-24(19(2)29)28(25)32)34-18-22-10-8-21(9-11-22)17-33-23-7-4-6-20(16-23)12-15-27(30)31/h4,6-16,32H,3,5,17-18H2,1-2H3,(H,30,31). The highest BCUT2D eigenvalue weighted by molar-refractivity contribution is 5.97. The van der Waals surface area contributed by atoms with E-state index in [9.17, 15) is 14.7 Å². The van der Waals surface area contributed by atoms with Gasteiger partial charge in [-0.05, 0) is 60.4 Å². The second kappa shape index (κ2) is 11.7. The van der Waals surface area contributed by atoms with Crippen molar-refractivity contribution in [1.82, 2.24) is 0 Å². The minimum Gasteiger partial charge on any atom is -0.507 e. The Bertz CT molecular complexity index is 1180. The molecule has 0 spiro atoms. The van der Waals surface area contributed by atoms with Crippen molar-refractivity contribution in [1.29, 1.82) is 0 Å². The average Bonchev–Trinajstić information content (AvgIpc) is 2.82. The molecule has 0 unspecified atom stereocenters. The average molecular weight is 461 g/mol. The van der Waals surface area contributed by atoms with E-state index >= 15 is 0 Å². The summed E-state index contributed by atoms with van der Waals surface area (Å²) in [5.74, 6) is 0.0530. The number of hydrogen-bond acceptors (Lipinski definition) is 5. The molecule has 6 heteroatoms. The largest absolute Gasteiger partial charge is 0.507 e. The molecule has 0 radical (unpaired) electrons. The van der Waals surface area contributed by atoms with Crippen LogP contribution >= 0.6 is 0 Å². The van der Waals surface area contributed by atoms with Crippen molar-refractivity contribution in [2.75, 3.05) is 0 Å². The van der Waals surface area contributed by atoms with Crippen LogP contribution in [0.15, 0.2) is 66.7 Å². The van der Waals surface area contributed by atoms with Crippen LogP contribution in [0.1, 0.15) is 52.9 Å². The fourth-order valence-electron chi connectivity index (χ4n) is 3.46. The molecular formula is C28H28O6. The van der Waals surface area contributed by atoms with Crippen LogP contribution in [0.25, 0.3) is 6.08 Å². The van der Waals surface area contributed by atoms with Gasteiger partial charge in [-0.15, -0.1) is 0 Å². The molecule has 176 valence electrons. The van der Waals surface area contributed by atoms with Gasteiger partial charge in [0, 0.05) is 11.6 Å². The summed E-state index contributed by atoms with van der Waals surface area (Å²) in [4.78, 5) is 22.4. The summed E-state index contributed by atoms with van der Waals surface area (Å²) in [6.07, 6.45) is 4.04. The number of ether oxygens (including phenoxy) is 2. The Morgan fingerprint density at radius 1 is 0.941 bits per heavy atom. The summed E-state index contributed by atoms with van der Waals surface area (Å²) in [7, 11) is 0. The smallest absolute Gasteiger partial charge is 0.328 e.